The number of allylic oxidation sites excluding steroid dienone is 1. The van der Waals surface area contributed by atoms with Gasteiger partial charge in [-0.25, -0.2) is 0 Å². The van der Waals surface area contributed by atoms with E-state index in [1.807, 2.05) is 55.5 Å². The number of rotatable bonds is 3. The summed E-state index contributed by atoms with van der Waals surface area (Å²) in [5, 5.41) is 0. The average molecular weight is 371 g/mol. The van der Waals surface area contributed by atoms with Gasteiger partial charge in [0.1, 0.15) is 11.5 Å². The van der Waals surface area contributed by atoms with Crippen LogP contribution >= 0.6 is 0 Å². The van der Waals surface area contributed by atoms with Gasteiger partial charge in [0.15, 0.2) is 5.78 Å². The highest BCUT2D eigenvalue weighted by molar-refractivity contribution is 6.25. The topological polar surface area (TPSA) is 55.7 Å². The minimum Gasteiger partial charge on any atom is -0.494 e. The van der Waals surface area contributed by atoms with Crippen molar-refractivity contribution >= 4 is 23.0 Å². The lowest BCUT2D eigenvalue weighted by Crippen LogP contribution is -2.37. The van der Waals surface area contributed by atoms with E-state index in [1.165, 1.54) is 0 Å². The molecule has 4 nitrogen and oxygen atoms in total. The molecule has 3 aliphatic rings. The van der Waals surface area contributed by atoms with E-state index in [9.17, 15) is 9.59 Å². The van der Waals surface area contributed by atoms with Gasteiger partial charge in [0.25, 0.3) is 0 Å². The summed E-state index contributed by atoms with van der Waals surface area (Å²) in [5.41, 5.74) is 4.93. The molecule has 140 valence electrons. The van der Waals surface area contributed by atoms with Crippen LogP contribution in [0.2, 0.25) is 0 Å². The predicted molar refractivity (Wildman–Crippen MR) is 108 cm³/mol. The zero-order valence-corrected chi connectivity index (χ0v) is 15.8. The maximum Gasteiger partial charge on any atom is 0.192 e. The molecule has 0 bridgehead atoms. The fourth-order valence-electron chi connectivity index (χ4n) is 4.75. The Balaban J connectivity index is 1.68. The number of carbonyl (C=O) groups excluding carboxylic acids is 2. The van der Waals surface area contributed by atoms with E-state index >= 15 is 0 Å². The third-order valence-corrected chi connectivity index (χ3v) is 5.94. The molecular formula is C24H21NO3. The van der Waals surface area contributed by atoms with Gasteiger partial charge in [0, 0.05) is 34.8 Å². The Kier molecular flexibility index (Phi) is 4.00. The van der Waals surface area contributed by atoms with Crippen LogP contribution < -0.4 is 4.74 Å². The molecule has 0 N–H and O–H groups in total. The van der Waals surface area contributed by atoms with Crippen LogP contribution in [0.15, 0.2) is 59.1 Å². The summed E-state index contributed by atoms with van der Waals surface area (Å²) >= 11 is 0. The van der Waals surface area contributed by atoms with Crippen molar-refractivity contribution < 1.29 is 14.3 Å². The molecule has 0 saturated heterocycles. The summed E-state index contributed by atoms with van der Waals surface area (Å²) in [7, 11) is 0. The van der Waals surface area contributed by atoms with Crippen molar-refractivity contribution in [1.82, 2.24) is 0 Å². The Bertz CT molecular complexity index is 1050. The monoisotopic (exact) mass is 371 g/mol. The first kappa shape index (κ1) is 17.1. The van der Waals surface area contributed by atoms with Crippen LogP contribution in [0, 0.1) is 5.92 Å². The van der Waals surface area contributed by atoms with Gasteiger partial charge in [-0.3, -0.25) is 14.6 Å². The number of fused-ring (bicyclic) bond motifs is 3. The number of benzene rings is 2. The Morgan fingerprint density at radius 2 is 1.71 bits per heavy atom. The Morgan fingerprint density at radius 3 is 2.46 bits per heavy atom. The van der Waals surface area contributed by atoms with E-state index in [2.05, 4.69) is 0 Å². The number of nitrogens with zero attached hydrogens (tertiary/aromatic N) is 1. The largest absolute Gasteiger partial charge is 0.494 e. The Morgan fingerprint density at radius 1 is 0.964 bits per heavy atom. The van der Waals surface area contributed by atoms with E-state index in [4.69, 9.17) is 9.73 Å². The smallest absolute Gasteiger partial charge is 0.192 e. The molecule has 1 unspecified atom stereocenters. The van der Waals surface area contributed by atoms with Crippen LogP contribution in [0.1, 0.15) is 53.6 Å². The molecule has 28 heavy (non-hydrogen) atoms. The van der Waals surface area contributed by atoms with Gasteiger partial charge < -0.3 is 4.74 Å². The van der Waals surface area contributed by atoms with Crippen molar-refractivity contribution in [2.75, 3.05) is 6.61 Å². The average Bonchev–Trinajstić information content (AvgIpc) is 3.00. The molecule has 2 aromatic carbocycles. The van der Waals surface area contributed by atoms with E-state index in [1.54, 1.807) is 0 Å². The van der Waals surface area contributed by atoms with Crippen molar-refractivity contribution in [3.05, 3.63) is 70.8 Å². The summed E-state index contributed by atoms with van der Waals surface area (Å²) in [4.78, 5) is 31.1. The molecule has 0 spiro atoms. The number of ether oxygens (including phenoxy) is 1. The predicted octanol–water partition coefficient (Wildman–Crippen LogP) is 4.60. The van der Waals surface area contributed by atoms with Gasteiger partial charge in [-0.2, -0.15) is 0 Å². The number of aliphatic imine (C=N–C) groups is 1. The van der Waals surface area contributed by atoms with Crippen LogP contribution in [0.25, 0.3) is 5.70 Å². The molecule has 2 atom stereocenters. The molecule has 2 aliphatic carbocycles. The quantitative estimate of drug-likeness (QED) is 0.792. The van der Waals surface area contributed by atoms with E-state index in [0.717, 1.165) is 41.1 Å². The molecule has 1 heterocycles. The normalized spacial score (nSPS) is 23.1. The van der Waals surface area contributed by atoms with Crippen LogP contribution in [0.4, 0.5) is 0 Å². The van der Waals surface area contributed by atoms with Crippen LogP contribution in [-0.4, -0.2) is 23.9 Å². The summed E-state index contributed by atoms with van der Waals surface area (Å²) in [6, 6.07) is 15.5. The highest BCUT2D eigenvalue weighted by Crippen LogP contribution is 2.49. The summed E-state index contributed by atoms with van der Waals surface area (Å²) in [6.07, 6.45) is 2.21. The van der Waals surface area contributed by atoms with Gasteiger partial charge >= 0.3 is 0 Å². The fourth-order valence-corrected chi connectivity index (χ4v) is 4.75. The van der Waals surface area contributed by atoms with E-state index in [0.29, 0.717) is 24.2 Å². The minimum atomic E-state index is -0.330. The van der Waals surface area contributed by atoms with Crippen molar-refractivity contribution in [2.45, 2.75) is 32.1 Å². The maximum atomic E-state index is 13.3. The highest BCUT2D eigenvalue weighted by atomic mass is 16.5. The van der Waals surface area contributed by atoms with Gasteiger partial charge in [-0.15, -0.1) is 0 Å². The first-order chi connectivity index (χ1) is 13.7. The van der Waals surface area contributed by atoms with E-state index in [-0.39, 0.29) is 23.4 Å². The highest BCUT2D eigenvalue weighted by Gasteiger charge is 2.46. The molecule has 2 aromatic rings. The van der Waals surface area contributed by atoms with Crippen molar-refractivity contribution in [2.24, 2.45) is 10.9 Å². The second-order valence-electron chi connectivity index (χ2n) is 7.52. The SMILES string of the molecule is CCOc1ccc([C@@H]2C3=C(N=C4CCCC(=O)C42)c2ccccc2C3=O)cc1. The van der Waals surface area contributed by atoms with Crippen LogP contribution in [-0.2, 0) is 4.79 Å². The zero-order valence-electron chi connectivity index (χ0n) is 15.8. The maximum absolute atomic E-state index is 13.3. The number of carbonyl (C=O) groups is 2. The standard InChI is InChI=1S/C24H21NO3/c1-2-28-15-12-10-14(11-13-15)20-21-18(8-5-9-19(21)26)25-23-16-6-3-4-7-17(16)24(27)22(20)23/h3-4,6-7,10-13,20-21H,2,5,8-9H2,1H3/t20-,21?/m0/s1. The van der Waals surface area contributed by atoms with E-state index < -0.39 is 0 Å². The summed E-state index contributed by atoms with van der Waals surface area (Å²) in [6.45, 7) is 2.55. The fraction of sp³-hybridized carbons (Fsp3) is 0.292. The van der Waals surface area contributed by atoms with Gasteiger partial charge in [0.05, 0.1) is 18.2 Å². The minimum absolute atomic E-state index is 0.00524. The molecule has 4 heteroatoms. The van der Waals surface area contributed by atoms with Gasteiger partial charge in [0.2, 0.25) is 0 Å². The number of Topliss-reactive ketones (excluding diaryl/α,β-unsaturated/α-hetero) is 2. The third kappa shape index (κ3) is 2.48. The number of ketones is 2. The summed E-state index contributed by atoms with van der Waals surface area (Å²) in [5.74, 6) is 0.389. The van der Waals surface area contributed by atoms with Crippen molar-refractivity contribution in [1.29, 1.82) is 0 Å². The molecule has 1 aliphatic heterocycles. The third-order valence-electron chi connectivity index (χ3n) is 5.94. The molecular weight excluding hydrogens is 350 g/mol. The molecule has 0 aromatic heterocycles. The van der Waals surface area contributed by atoms with Gasteiger partial charge in [-0.05, 0) is 37.5 Å². The molecule has 1 saturated carbocycles. The first-order valence-electron chi connectivity index (χ1n) is 9.90. The molecule has 0 radical (unpaired) electrons. The lowest BCUT2D eigenvalue weighted by molar-refractivity contribution is -0.121. The number of hydrogen-bond donors (Lipinski definition) is 0. The van der Waals surface area contributed by atoms with Crippen LogP contribution in [0.5, 0.6) is 5.75 Å². The second kappa shape index (κ2) is 6.55. The lowest BCUT2D eigenvalue weighted by Gasteiger charge is -2.34. The molecule has 1 fully saturated rings. The Labute approximate surface area is 163 Å². The second-order valence-corrected chi connectivity index (χ2v) is 7.52. The molecule has 0 amide bonds. The number of hydrogen-bond acceptors (Lipinski definition) is 4. The zero-order chi connectivity index (χ0) is 19.3. The Hall–Kier alpha value is -3.01. The first-order valence-corrected chi connectivity index (χ1v) is 9.90. The summed E-state index contributed by atoms with van der Waals surface area (Å²) < 4.78 is 5.56. The van der Waals surface area contributed by atoms with Crippen LogP contribution in [0.3, 0.4) is 0 Å². The van der Waals surface area contributed by atoms with Crippen molar-refractivity contribution in [3.8, 4) is 5.75 Å². The van der Waals surface area contributed by atoms with Gasteiger partial charge in [-0.1, -0.05) is 36.4 Å². The molecule has 5 rings (SSSR count). The van der Waals surface area contributed by atoms with Crippen molar-refractivity contribution in [3.63, 3.8) is 0 Å². The lowest BCUT2D eigenvalue weighted by atomic mass is 9.69.